The Hall–Kier alpha value is -0.560. The number of anilines is 1. The van der Waals surface area contributed by atoms with Gasteiger partial charge in [-0.05, 0) is 26.7 Å². The lowest BCUT2D eigenvalue weighted by Crippen LogP contribution is -2.54. The van der Waals surface area contributed by atoms with Crippen molar-refractivity contribution in [3.05, 3.63) is 11.1 Å². The molecule has 0 aromatic carbocycles. The fourth-order valence-electron chi connectivity index (χ4n) is 3.21. The van der Waals surface area contributed by atoms with Crippen molar-refractivity contribution in [2.24, 2.45) is 5.92 Å². The van der Waals surface area contributed by atoms with Crippen LogP contribution in [-0.4, -0.2) is 54.6 Å². The van der Waals surface area contributed by atoms with Crippen LogP contribution in [0, 0.1) is 12.8 Å². The molecule has 2 saturated heterocycles. The molecule has 2 aliphatic rings. The average molecular weight is 381 g/mol. The second-order valence-corrected chi connectivity index (χ2v) is 6.95. The highest BCUT2D eigenvalue weighted by Crippen LogP contribution is 2.27. The number of carbonyl (C=O) groups is 1. The number of aromatic nitrogens is 1. The first-order valence-corrected chi connectivity index (χ1v) is 8.71. The average Bonchev–Trinajstić information content (AvgIpc) is 2.94. The van der Waals surface area contributed by atoms with Crippen LogP contribution in [-0.2, 0) is 4.79 Å². The van der Waals surface area contributed by atoms with Crippen molar-refractivity contribution in [3.63, 3.8) is 0 Å². The van der Waals surface area contributed by atoms with Crippen LogP contribution in [0.15, 0.2) is 5.38 Å². The lowest BCUT2D eigenvalue weighted by Gasteiger charge is -2.39. The first-order valence-electron chi connectivity index (χ1n) is 7.83. The molecule has 5 nitrogen and oxygen atoms in total. The minimum absolute atomic E-state index is 0. The molecule has 23 heavy (non-hydrogen) atoms. The summed E-state index contributed by atoms with van der Waals surface area (Å²) in [4.78, 5) is 21.6. The van der Waals surface area contributed by atoms with E-state index in [0.29, 0.717) is 11.9 Å². The molecule has 1 aromatic rings. The van der Waals surface area contributed by atoms with E-state index in [4.69, 9.17) is 0 Å². The van der Waals surface area contributed by atoms with Gasteiger partial charge in [-0.15, -0.1) is 36.2 Å². The molecule has 0 unspecified atom stereocenters. The van der Waals surface area contributed by atoms with Crippen LogP contribution < -0.4 is 10.2 Å². The molecule has 0 radical (unpaired) electrons. The number of piperidine rings is 1. The molecule has 132 valence electrons. The van der Waals surface area contributed by atoms with Gasteiger partial charge in [0.2, 0.25) is 5.91 Å². The van der Waals surface area contributed by atoms with Gasteiger partial charge in [0.25, 0.3) is 0 Å². The molecule has 0 saturated carbocycles. The fraction of sp³-hybridized carbons (Fsp3) is 0.733. The van der Waals surface area contributed by atoms with E-state index in [1.54, 1.807) is 11.3 Å². The Morgan fingerprint density at radius 3 is 2.57 bits per heavy atom. The van der Waals surface area contributed by atoms with Crippen molar-refractivity contribution in [1.29, 1.82) is 0 Å². The highest BCUT2D eigenvalue weighted by atomic mass is 35.5. The molecule has 2 fully saturated rings. The number of halogens is 2. The number of aryl methyl sites for hydroxylation is 1. The number of nitrogens with one attached hydrogen (secondary N) is 1. The Morgan fingerprint density at radius 1 is 1.30 bits per heavy atom. The van der Waals surface area contributed by atoms with Gasteiger partial charge >= 0.3 is 0 Å². The number of amides is 1. The second kappa shape index (κ2) is 9.06. The maximum absolute atomic E-state index is 12.7. The normalized spacial score (nSPS) is 22.3. The minimum atomic E-state index is 0. The standard InChI is InChI=1S/C15H24N4OS.2ClH/c1-11-10-21-15(17-11)18-6-3-13(4-7-18)14(20)19-8-5-16-9-12(19)2;;/h10,12-13,16H,3-9H2,1-2H3;2*1H/t12-;;/m0../s1. The first kappa shape index (κ1) is 20.5. The van der Waals surface area contributed by atoms with Gasteiger partial charge in [-0.2, -0.15) is 0 Å². The molecule has 0 aliphatic carbocycles. The van der Waals surface area contributed by atoms with E-state index in [1.165, 1.54) is 0 Å². The van der Waals surface area contributed by atoms with Crippen molar-refractivity contribution in [3.8, 4) is 0 Å². The Bertz CT molecular complexity index is 505. The van der Waals surface area contributed by atoms with Crippen molar-refractivity contribution in [1.82, 2.24) is 15.2 Å². The number of carbonyl (C=O) groups excluding carboxylic acids is 1. The summed E-state index contributed by atoms with van der Waals surface area (Å²) in [6.45, 7) is 8.76. The molecule has 0 spiro atoms. The second-order valence-electron chi connectivity index (χ2n) is 6.12. The van der Waals surface area contributed by atoms with E-state index in [0.717, 1.165) is 56.4 Å². The Balaban J connectivity index is 0.00000132. The molecular formula is C15H26Cl2N4OS. The largest absolute Gasteiger partial charge is 0.348 e. The molecule has 3 heterocycles. The number of thiazole rings is 1. The lowest BCUT2D eigenvalue weighted by atomic mass is 9.94. The summed E-state index contributed by atoms with van der Waals surface area (Å²) in [5.41, 5.74) is 1.09. The van der Waals surface area contributed by atoms with Crippen LogP contribution in [0.2, 0.25) is 0 Å². The summed E-state index contributed by atoms with van der Waals surface area (Å²) < 4.78 is 0. The van der Waals surface area contributed by atoms with Crippen LogP contribution >= 0.6 is 36.2 Å². The molecule has 1 aromatic heterocycles. The summed E-state index contributed by atoms with van der Waals surface area (Å²) in [5, 5.41) is 6.54. The maximum atomic E-state index is 12.7. The van der Waals surface area contributed by atoms with Crippen molar-refractivity contribution < 1.29 is 4.79 Å². The topological polar surface area (TPSA) is 48.5 Å². The number of rotatable bonds is 2. The first-order chi connectivity index (χ1) is 10.1. The zero-order valence-corrected chi connectivity index (χ0v) is 16.1. The number of nitrogens with zero attached hydrogens (tertiary/aromatic N) is 3. The quantitative estimate of drug-likeness (QED) is 0.854. The van der Waals surface area contributed by atoms with Crippen molar-refractivity contribution in [2.75, 3.05) is 37.6 Å². The molecule has 3 rings (SSSR count). The molecule has 1 N–H and O–H groups in total. The van der Waals surface area contributed by atoms with Gasteiger partial charge in [-0.25, -0.2) is 4.98 Å². The number of hydrogen-bond acceptors (Lipinski definition) is 5. The smallest absolute Gasteiger partial charge is 0.226 e. The summed E-state index contributed by atoms with van der Waals surface area (Å²) in [6.07, 6.45) is 1.90. The van der Waals surface area contributed by atoms with Gasteiger partial charge in [-0.3, -0.25) is 4.79 Å². The highest BCUT2D eigenvalue weighted by molar-refractivity contribution is 7.13. The highest BCUT2D eigenvalue weighted by Gasteiger charge is 2.32. The molecule has 8 heteroatoms. The van der Waals surface area contributed by atoms with Crippen LogP contribution in [0.4, 0.5) is 5.13 Å². The van der Waals surface area contributed by atoms with Crippen LogP contribution in [0.5, 0.6) is 0 Å². The van der Waals surface area contributed by atoms with Gasteiger partial charge in [-0.1, -0.05) is 0 Å². The monoisotopic (exact) mass is 380 g/mol. The van der Waals surface area contributed by atoms with Gasteiger partial charge < -0.3 is 15.1 Å². The molecular weight excluding hydrogens is 355 g/mol. The third-order valence-corrected chi connectivity index (χ3v) is 5.53. The zero-order chi connectivity index (χ0) is 14.8. The molecule has 1 atom stereocenters. The maximum Gasteiger partial charge on any atom is 0.226 e. The van der Waals surface area contributed by atoms with E-state index in [1.807, 2.05) is 6.92 Å². The number of hydrogen-bond donors (Lipinski definition) is 1. The predicted molar refractivity (Wildman–Crippen MR) is 100 cm³/mol. The van der Waals surface area contributed by atoms with Crippen molar-refractivity contribution in [2.45, 2.75) is 32.7 Å². The fourth-order valence-corrected chi connectivity index (χ4v) is 4.06. The number of piperazine rings is 1. The van der Waals surface area contributed by atoms with Crippen molar-refractivity contribution >= 4 is 47.2 Å². The Kier molecular flexibility index (Phi) is 8.07. The van der Waals surface area contributed by atoms with E-state index in [9.17, 15) is 4.79 Å². The Morgan fingerprint density at radius 2 is 2.00 bits per heavy atom. The van der Waals surface area contributed by atoms with Gasteiger partial charge in [0.15, 0.2) is 5.13 Å². The van der Waals surface area contributed by atoms with Gasteiger partial charge in [0, 0.05) is 50.1 Å². The lowest BCUT2D eigenvalue weighted by molar-refractivity contribution is -0.139. The van der Waals surface area contributed by atoms with E-state index in [-0.39, 0.29) is 30.7 Å². The molecule has 0 bridgehead atoms. The summed E-state index contributed by atoms with van der Waals surface area (Å²) in [6, 6.07) is 0.325. The summed E-state index contributed by atoms with van der Waals surface area (Å²) in [5.74, 6) is 0.557. The van der Waals surface area contributed by atoms with E-state index < -0.39 is 0 Å². The summed E-state index contributed by atoms with van der Waals surface area (Å²) >= 11 is 1.71. The van der Waals surface area contributed by atoms with Gasteiger partial charge in [0.05, 0.1) is 5.69 Å². The predicted octanol–water partition coefficient (Wildman–Crippen LogP) is 2.33. The van der Waals surface area contributed by atoms with E-state index >= 15 is 0 Å². The van der Waals surface area contributed by atoms with Gasteiger partial charge in [0.1, 0.15) is 0 Å². The third-order valence-electron chi connectivity index (χ3n) is 4.51. The summed E-state index contributed by atoms with van der Waals surface area (Å²) in [7, 11) is 0. The Labute approximate surface area is 154 Å². The van der Waals surface area contributed by atoms with Crippen LogP contribution in [0.3, 0.4) is 0 Å². The molecule has 2 aliphatic heterocycles. The zero-order valence-electron chi connectivity index (χ0n) is 13.7. The molecule has 1 amide bonds. The van der Waals surface area contributed by atoms with Crippen LogP contribution in [0.1, 0.15) is 25.5 Å². The van der Waals surface area contributed by atoms with E-state index in [2.05, 4.69) is 32.4 Å². The minimum Gasteiger partial charge on any atom is -0.348 e. The third kappa shape index (κ3) is 4.72. The van der Waals surface area contributed by atoms with Crippen LogP contribution in [0.25, 0.3) is 0 Å². The SMILES string of the molecule is Cc1csc(N2CCC(C(=O)N3CCNC[C@@H]3C)CC2)n1.Cl.Cl.